The summed E-state index contributed by atoms with van der Waals surface area (Å²) in [6.45, 7) is 0.513. The van der Waals surface area contributed by atoms with Gasteiger partial charge in [0.1, 0.15) is 0 Å². The third-order valence-electron chi connectivity index (χ3n) is 2.13. The summed E-state index contributed by atoms with van der Waals surface area (Å²) in [5, 5.41) is 0. The fourth-order valence-corrected chi connectivity index (χ4v) is 1.62. The molecule has 0 aromatic rings. The number of amides is 2. The van der Waals surface area contributed by atoms with E-state index in [0.29, 0.717) is 32.2 Å². The summed E-state index contributed by atoms with van der Waals surface area (Å²) in [5.74, 6) is 2.77. The van der Waals surface area contributed by atoms with E-state index in [1.54, 1.807) is 0 Å². The van der Waals surface area contributed by atoms with Gasteiger partial charge in [-0.3, -0.25) is 14.5 Å². The Balaban J connectivity index is 2.35. The minimum absolute atomic E-state index is 0.0342. The molecule has 0 atom stereocenters. The molecule has 0 aromatic carbocycles. The molecule has 1 aliphatic rings. The number of piperidine rings is 1. The number of rotatable bonds is 3. The molecular formula is C10H12BrNO2. The van der Waals surface area contributed by atoms with Crippen LogP contribution in [0.15, 0.2) is 0 Å². The van der Waals surface area contributed by atoms with Crippen molar-refractivity contribution in [2.75, 3.05) is 6.54 Å². The second-order valence-corrected chi connectivity index (χ2v) is 3.56. The normalized spacial score (nSPS) is 16.5. The minimum atomic E-state index is -0.0342. The van der Waals surface area contributed by atoms with Crippen molar-refractivity contribution < 1.29 is 9.59 Å². The summed E-state index contributed by atoms with van der Waals surface area (Å²) in [7, 11) is 0. The molecule has 1 heterocycles. The lowest BCUT2D eigenvalue weighted by Crippen LogP contribution is -2.40. The van der Waals surface area contributed by atoms with Gasteiger partial charge in [-0.05, 0) is 17.7 Å². The van der Waals surface area contributed by atoms with Crippen LogP contribution in [0.1, 0.15) is 32.1 Å². The van der Waals surface area contributed by atoms with Gasteiger partial charge in [0.2, 0.25) is 11.8 Å². The maximum Gasteiger partial charge on any atom is 0.229 e. The van der Waals surface area contributed by atoms with Gasteiger partial charge in [-0.15, -0.1) is 0 Å². The number of likely N-dealkylation sites (tertiary alicyclic amines) is 1. The van der Waals surface area contributed by atoms with Crippen LogP contribution in [0.4, 0.5) is 0 Å². The third-order valence-corrected chi connectivity index (χ3v) is 2.41. The van der Waals surface area contributed by atoms with E-state index in [4.69, 9.17) is 0 Å². The number of imide groups is 1. The number of hydrogen-bond donors (Lipinski definition) is 0. The molecule has 0 bridgehead atoms. The third kappa shape index (κ3) is 3.15. The molecule has 0 unspecified atom stereocenters. The smallest absolute Gasteiger partial charge is 0.229 e. The molecule has 1 fully saturated rings. The van der Waals surface area contributed by atoms with Crippen LogP contribution in [0.2, 0.25) is 0 Å². The van der Waals surface area contributed by atoms with Crippen molar-refractivity contribution in [3.8, 4) is 10.8 Å². The standard InChI is InChI=1S/C10H12BrNO2/c11-7-2-1-3-8-12-9(13)5-4-6-10(12)14/h1,3-6,8H2. The molecule has 1 saturated heterocycles. The molecule has 0 saturated carbocycles. The zero-order valence-electron chi connectivity index (χ0n) is 7.88. The largest absolute Gasteiger partial charge is 0.283 e. The van der Waals surface area contributed by atoms with Crippen molar-refractivity contribution in [2.45, 2.75) is 32.1 Å². The first kappa shape index (κ1) is 11.3. The van der Waals surface area contributed by atoms with E-state index in [1.807, 2.05) is 0 Å². The summed E-state index contributed by atoms with van der Waals surface area (Å²) >= 11 is 2.99. The first-order valence-electron chi connectivity index (χ1n) is 4.67. The Morgan fingerprint density at radius 1 is 1.29 bits per heavy atom. The van der Waals surface area contributed by atoms with Gasteiger partial charge in [-0.1, -0.05) is 5.92 Å². The van der Waals surface area contributed by atoms with Crippen molar-refractivity contribution in [3.63, 3.8) is 0 Å². The number of carbonyl (C=O) groups is 2. The summed E-state index contributed by atoms with van der Waals surface area (Å²) in [6.07, 6.45) is 3.19. The van der Waals surface area contributed by atoms with Crippen molar-refractivity contribution in [1.29, 1.82) is 0 Å². The molecule has 0 aliphatic carbocycles. The van der Waals surface area contributed by atoms with E-state index in [9.17, 15) is 9.59 Å². The van der Waals surface area contributed by atoms with Crippen LogP contribution < -0.4 is 0 Å². The van der Waals surface area contributed by atoms with Gasteiger partial charge in [0.05, 0.1) is 0 Å². The first-order valence-corrected chi connectivity index (χ1v) is 5.46. The molecule has 0 aromatic heterocycles. The molecule has 4 heteroatoms. The van der Waals surface area contributed by atoms with Gasteiger partial charge in [0.15, 0.2) is 0 Å². The van der Waals surface area contributed by atoms with Gasteiger partial charge >= 0.3 is 0 Å². The van der Waals surface area contributed by atoms with Crippen LogP contribution in [-0.4, -0.2) is 23.3 Å². The highest BCUT2D eigenvalue weighted by molar-refractivity contribution is 9.12. The van der Waals surface area contributed by atoms with Crippen LogP contribution >= 0.6 is 15.9 Å². The SMILES string of the molecule is O=C1CCCC(=O)N1CCCC#CBr. The molecule has 1 rings (SSSR count). The maximum atomic E-state index is 11.3. The minimum Gasteiger partial charge on any atom is -0.283 e. The zero-order chi connectivity index (χ0) is 10.4. The zero-order valence-corrected chi connectivity index (χ0v) is 9.47. The predicted octanol–water partition coefficient (Wildman–Crippen LogP) is 1.66. The Labute approximate surface area is 92.0 Å². The first-order chi connectivity index (χ1) is 6.75. The Bertz CT molecular complexity index is 274. The van der Waals surface area contributed by atoms with E-state index in [2.05, 4.69) is 26.7 Å². The number of hydrogen-bond acceptors (Lipinski definition) is 2. The van der Waals surface area contributed by atoms with E-state index in [1.165, 1.54) is 4.90 Å². The van der Waals surface area contributed by atoms with Crippen LogP contribution in [-0.2, 0) is 9.59 Å². The number of carbonyl (C=O) groups excluding carboxylic acids is 2. The summed E-state index contributed by atoms with van der Waals surface area (Å²) in [6, 6.07) is 0. The maximum absolute atomic E-state index is 11.3. The predicted molar refractivity (Wildman–Crippen MR) is 56.5 cm³/mol. The molecule has 0 radical (unpaired) electrons. The van der Waals surface area contributed by atoms with Crippen molar-refractivity contribution >= 4 is 27.7 Å². The lowest BCUT2D eigenvalue weighted by atomic mass is 10.1. The van der Waals surface area contributed by atoms with Crippen LogP contribution in [0.5, 0.6) is 0 Å². The molecular weight excluding hydrogens is 246 g/mol. The van der Waals surface area contributed by atoms with Gasteiger partial charge in [0.25, 0.3) is 0 Å². The van der Waals surface area contributed by atoms with Crippen LogP contribution in [0.3, 0.4) is 0 Å². The van der Waals surface area contributed by atoms with E-state index < -0.39 is 0 Å². The summed E-state index contributed by atoms with van der Waals surface area (Å²) < 4.78 is 0. The van der Waals surface area contributed by atoms with Gasteiger partial charge in [-0.2, -0.15) is 0 Å². The second-order valence-electron chi connectivity index (χ2n) is 3.17. The lowest BCUT2D eigenvalue weighted by molar-refractivity contribution is -0.147. The molecule has 14 heavy (non-hydrogen) atoms. The molecule has 3 nitrogen and oxygen atoms in total. The monoisotopic (exact) mass is 257 g/mol. The van der Waals surface area contributed by atoms with E-state index >= 15 is 0 Å². The average Bonchev–Trinajstić information content (AvgIpc) is 2.16. The molecule has 1 aliphatic heterocycles. The molecule has 0 N–H and O–H groups in total. The topological polar surface area (TPSA) is 37.4 Å². The van der Waals surface area contributed by atoms with Crippen LogP contribution in [0.25, 0.3) is 0 Å². The van der Waals surface area contributed by atoms with Crippen LogP contribution in [0, 0.1) is 10.8 Å². The van der Waals surface area contributed by atoms with Crippen molar-refractivity contribution in [2.24, 2.45) is 0 Å². The average molecular weight is 258 g/mol. The fourth-order valence-electron chi connectivity index (χ4n) is 1.42. The fraction of sp³-hybridized carbons (Fsp3) is 0.600. The highest BCUT2D eigenvalue weighted by Crippen LogP contribution is 2.12. The Morgan fingerprint density at radius 3 is 2.50 bits per heavy atom. The summed E-state index contributed by atoms with van der Waals surface area (Å²) in [5.41, 5.74) is 0. The highest BCUT2D eigenvalue weighted by atomic mass is 79.9. The van der Waals surface area contributed by atoms with E-state index in [0.717, 1.165) is 6.42 Å². The van der Waals surface area contributed by atoms with Crippen molar-refractivity contribution in [1.82, 2.24) is 4.90 Å². The highest BCUT2D eigenvalue weighted by Gasteiger charge is 2.24. The molecule has 2 amide bonds. The number of unbranched alkanes of at least 4 members (excludes halogenated alkanes) is 1. The Hall–Kier alpha value is -0.820. The molecule has 76 valence electrons. The number of nitrogens with zero attached hydrogens (tertiary/aromatic N) is 1. The summed E-state index contributed by atoms with van der Waals surface area (Å²) in [4.78, 5) is 26.6. The van der Waals surface area contributed by atoms with E-state index in [-0.39, 0.29) is 11.8 Å². The quantitative estimate of drug-likeness (QED) is 0.438. The van der Waals surface area contributed by atoms with Crippen molar-refractivity contribution in [3.05, 3.63) is 0 Å². The lowest BCUT2D eigenvalue weighted by Gasteiger charge is -2.24. The molecule has 0 spiro atoms. The Kier molecular flexibility index (Phi) is 4.68. The Morgan fingerprint density at radius 2 is 1.93 bits per heavy atom. The second kappa shape index (κ2) is 5.82. The van der Waals surface area contributed by atoms with Gasteiger partial charge in [-0.25, -0.2) is 0 Å². The number of halogens is 1. The van der Waals surface area contributed by atoms with Gasteiger partial charge < -0.3 is 0 Å². The van der Waals surface area contributed by atoms with Gasteiger partial charge in [0, 0.05) is 41.7 Å².